The zero-order valence-corrected chi connectivity index (χ0v) is 16.5. The molecule has 2 fully saturated rings. The monoisotopic (exact) mass is 349 g/mol. The fraction of sp³-hybridized carbons (Fsp3) is 0.700. The molecule has 1 aromatic carbocycles. The van der Waals surface area contributed by atoms with E-state index in [9.17, 15) is 8.42 Å². The van der Waals surface area contributed by atoms with Gasteiger partial charge in [-0.15, -0.1) is 0 Å². The molecule has 0 radical (unpaired) electrons. The Labute approximate surface area is 147 Å². The Morgan fingerprint density at radius 1 is 1.17 bits per heavy atom. The molecule has 1 heterocycles. The second kappa shape index (κ2) is 5.84. The van der Waals surface area contributed by atoms with Gasteiger partial charge < -0.3 is 0 Å². The number of sulfonamides is 1. The molecule has 0 spiro atoms. The molecule has 0 amide bonds. The Kier molecular flexibility index (Phi) is 4.37. The lowest BCUT2D eigenvalue weighted by Gasteiger charge is -2.39. The van der Waals surface area contributed by atoms with Gasteiger partial charge in [0.15, 0.2) is 0 Å². The van der Waals surface area contributed by atoms with Crippen LogP contribution in [0.15, 0.2) is 29.2 Å². The molecule has 0 N–H and O–H groups in total. The largest absolute Gasteiger partial charge is 0.243 e. The lowest BCUT2D eigenvalue weighted by atomic mass is 9.65. The van der Waals surface area contributed by atoms with Crippen molar-refractivity contribution >= 4 is 10.0 Å². The molecule has 4 heteroatoms. The normalized spacial score (nSPS) is 31.1. The van der Waals surface area contributed by atoms with E-state index in [1.807, 2.05) is 12.1 Å². The number of benzene rings is 1. The molecule has 1 saturated heterocycles. The van der Waals surface area contributed by atoms with Crippen molar-refractivity contribution in [1.82, 2.24) is 4.31 Å². The highest BCUT2D eigenvalue weighted by Gasteiger charge is 2.53. The van der Waals surface area contributed by atoms with Crippen LogP contribution in [0.5, 0.6) is 0 Å². The zero-order chi connectivity index (χ0) is 17.8. The topological polar surface area (TPSA) is 37.4 Å². The predicted octanol–water partition coefficient (Wildman–Crippen LogP) is 4.79. The van der Waals surface area contributed by atoms with Crippen LogP contribution in [0.2, 0.25) is 0 Å². The number of rotatable bonds is 4. The Bertz CT molecular complexity index is 708. The first-order valence-electron chi connectivity index (χ1n) is 9.18. The minimum Gasteiger partial charge on any atom is -0.207 e. The molecule has 3 nitrogen and oxygen atoms in total. The third-order valence-electron chi connectivity index (χ3n) is 6.03. The Balaban J connectivity index is 1.89. The average molecular weight is 350 g/mol. The van der Waals surface area contributed by atoms with Crippen LogP contribution in [0.3, 0.4) is 0 Å². The maximum atomic E-state index is 13.2. The van der Waals surface area contributed by atoms with Crippen molar-refractivity contribution in [1.29, 1.82) is 0 Å². The molecule has 2 bridgehead atoms. The summed E-state index contributed by atoms with van der Waals surface area (Å²) in [4.78, 5) is 0.448. The molecular weight excluding hydrogens is 318 g/mol. The molecule has 3 rings (SSSR count). The van der Waals surface area contributed by atoms with Crippen molar-refractivity contribution in [2.45, 2.75) is 77.2 Å². The van der Waals surface area contributed by atoms with E-state index in [1.54, 1.807) is 16.4 Å². The lowest BCUT2D eigenvalue weighted by molar-refractivity contribution is 0.133. The van der Waals surface area contributed by atoms with Gasteiger partial charge >= 0.3 is 0 Å². The van der Waals surface area contributed by atoms with Crippen molar-refractivity contribution in [2.75, 3.05) is 6.54 Å². The molecule has 134 valence electrons. The fourth-order valence-corrected chi connectivity index (χ4v) is 6.80. The first-order valence-corrected chi connectivity index (χ1v) is 10.6. The van der Waals surface area contributed by atoms with E-state index in [0.29, 0.717) is 17.4 Å². The smallest absolute Gasteiger partial charge is 0.207 e. The molecule has 3 atom stereocenters. The van der Waals surface area contributed by atoms with E-state index in [1.165, 1.54) is 5.56 Å². The Morgan fingerprint density at radius 2 is 1.79 bits per heavy atom. The van der Waals surface area contributed by atoms with Gasteiger partial charge in [-0.1, -0.05) is 46.8 Å². The molecule has 3 unspecified atom stereocenters. The highest BCUT2D eigenvalue weighted by molar-refractivity contribution is 7.89. The van der Waals surface area contributed by atoms with Crippen LogP contribution >= 0.6 is 0 Å². The minimum absolute atomic E-state index is 0.121. The molecule has 2 aliphatic rings. The van der Waals surface area contributed by atoms with E-state index in [0.717, 1.165) is 25.7 Å². The van der Waals surface area contributed by atoms with Gasteiger partial charge in [-0.05, 0) is 60.1 Å². The summed E-state index contributed by atoms with van der Waals surface area (Å²) in [6, 6.07) is 7.71. The van der Waals surface area contributed by atoms with Gasteiger partial charge in [-0.3, -0.25) is 0 Å². The number of nitrogens with zero attached hydrogens (tertiary/aromatic N) is 1. The van der Waals surface area contributed by atoms with Gasteiger partial charge in [-0.25, -0.2) is 8.42 Å². The van der Waals surface area contributed by atoms with Gasteiger partial charge in [0, 0.05) is 12.6 Å². The molecule has 1 saturated carbocycles. The summed E-state index contributed by atoms with van der Waals surface area (Å²) in [5.41, 5.74) is 1.56. The van der Waals surface area contributed by atoms with E-state index in [-0.39, 0.29) is 16.9 Å². The maximum absolute atomic E-state index is 13.2. The van der Waals surface area contributed by atoms with E-state index >= 15 is 0 Å². The predicted molar refractivity (Wildman–Crippen MR) is 98.6 cm³/mol. The molecule has 1 aliphatic heterocycles. The summed E-state index contributed by atoms with van der Waals surface area (Å²) in [6.45, 7) is 11.8. The molecule has 1 aromatic rings. The Morgan fingerprint density at radius 3 is 2.38 bits per heavy atom. The summed E-state index contributed by atoms with van der Waals surface area (Å²) in [7, 11) is -3.40. The van der Waals surface area contributed by atoms with Crippen molar-refractivity contribution in [3.8, 4) is 0 Å². The average Bonchev–Trinajstić information content (AvgIpc) is 2.76. The van der Waals surface area contributed by atoms with Crippen molar-refractivity contribution < 1.29 is 8.42 Å². The van der Waals surface area contributed by atoms with Crippen LogP contribution in [0, 0.1) is 10.8 Å². The first-order chi connectivity index (χ1) is 11.1. The third-order valence-corrected chi connectivity index (χ3v) is 7.95. The first kappa shape index (κ1) is 17.9. The summed E-state index contributed by atoms with van der Waals surface area (Å²) < 4.78 is 28.2. The van der Waals surface area contributed by atoms with Crippen LogP contribution in [0.25, 0.3) is 0 Å². The summed E-state index contributed by atoms with van der Waals surface area (Å²) in [5, 5.41) is 0. The highest BCUT2D eigenvalue weighted by Crippen LogP contribution is 2.53. The standard InChI is InChI=1S/C20H31NO2S/c1-6-15(2)16-7-9-18(10-8-16)24(22,23)21-14-20(5)12-17(21)11-19(3,4)13-20/h7-10,15,17H,6,11-14H2,1-5H3. The van der Waals surface area contributed by atoms with Crippen molar-refractivity contribution in [2.24, 2.45) is 10.8 Å². The van der Waals surface area contributed by atoms with Gasteiger partial charge in [0.25, 0.3) is 0 Å². The van der Waals surface area contributed by atoms with Crippen LogP contribution in [0.1, 0.15) is 71.8 Å². The van der Waals surface area contributed by atoms with E-state index < -0.39 is 10.0 Å². The number of hydrogen-bond donors (Lipinski definition) is 0. The second-order valence-corrected chi connectivity index (χ2v) is 11.0. The van der Waals surface area contributed by atoms with Crippen LogP contribution in [-0.2, 0) is 10.0 Å². The van der Waals surface area contributed by atoms with E-state index in [4.69, 9.17) is 0 Å². The van der Waals surface area contributed by atoms with Gasteiger partial charge in [-0.2, -0.15) is 4.31 Å². The summed E-state index contributed by atoms with van der Waals surface area (Å²) in [6.07, 6.45) is 4.14. The second-order valence-electron chi connectivity index (χ2n) is 9.14. The van der Waals surface area contributed by atoms with E-state index in [2.05, 4.69) is 34.6 Å². The SMILES string of the molecule is CCC(C)c1ccc(S(=O)(=O)N2CC3(C)CC2CC(C)(C)C3)cc1. The summed E-state index contributed by atoms with van der Waals surface area (Å²) >= 11 is 0. The van der Waals surface area contributed by atoms with Gasteiger partial charge in [0.1, 0.15) is 0 Å². The minimum atomic E-state index is -3.40. The molecule has 24 heavy (non-hydrogen) atoms. The quantitative estimate of drug-likeness (QED) is 0.784. The lowest BCUT2D eigenvalue weighted by Crippen LogP contribution is -2.37. The van der Waals surface area contributed by atoms with Crippen LogP contribution in [0.4, 0.5) is 0 Å². The number of hydrogen-bond acceptors (Lipinski definition) is 2. The third kappa shape index (κ3) is 3.15. The molecular formula is C20H31NO2S. The molecule has 0 aromatic heterocycles. The van der Waals surface area contributed by atoms with Crippen molar-refractivity contribution in [3.05, 3.63) is 29.8 Å². The number of fused-ring (bicyclic) bond motifs is 2. The van der Waals surface area contributed by atoms with Crippen molar-refractivity contribution in [3.63, 3.8) is 0 Å². The fourth-order valence-electron chi connectivity index (χ4n) is 5.03. The van der Waals surface area contributed by atoms with Gasteiger partial charge in [0.2, 0.25) is 10.0 Å². The Hall–Kier alpha value is -0.870. The summed E-state index contributed by atoms with van der Waals surface area (Å²) in [5.74, 6) is 0.465. The highest BCUT2D eigenvalue weighted by atomic mass is 32.2. The van der Waals surface area contributed by atoms with Gasteiger partial charge in [0.05, 0.1) is 4.90 Å². The molecule has 1 aliphatic carbocycles. The maximum Gasteiger partial charge on any atom is 0.243 e. The van der Waals surface area contributed by atoms with Crippen LogP contribution < -0.4 is 0 Å². The zero-order valence-electron chi connectivity index (χ0n) is 15.7. The van der Waals surface area contributed by atoms with Crippen LogP contribution in [-0.4, -0.2) is 25.3 Å².